The summed E-state index contributed by atoms with van der Waals surface area (Å²) in [4.78, 5) is 13.7. The second kappa shape index (κ2) is 3.30. The van der Waals surface area contributed by atoms with Crippen LogP contribution in [0.15, 0.2) is 30.3 Å². The molecule has 0 spiro atoms. The van der Waals surface area contributed by atoms with E-state index >= 15 is 0 Å². The van der Waals surface area contributed by atoms with E-state index in [0.29, 0.717) is 12.2 Å². The molecule has 1 atom stereocenters. The van der Waals surface area contributed by atoms with Crippen LogP contribution in [0.4, 0.5) is 0 Å². The molecular formula is C11H13NO. The van der Waals surface area contributed by atoms with Crippen molar-refractivity contribution >= 4 is 5.78 Å². The number of nitrogens with zero attached hydrogens (tertiary/aromatic N) is 1. The van der Waals surface area contributed by atoms with Gasteiger partial charge in [0.1, 0.15) is 0 Å². The first kappa shape index (κ1) is 8.45. The van der Waals surface area contributed by atoms with Gasteiger partial charge in [-0.15, -0.1) is 0 Å². The van der Waals surface area contributed by atoms with Crippen molar-refractivity contribution in [2.45, 2.75) is 12.5 Å². The van der Waals surface area contributed by atoms with Crippen LogP contribution in [-0.4, -0.2) is 24.3 Å². The summed E-state index contributed by atoms with van der Waals surface area (Å²) in [5, 5.41) is 0. The van der Waals surface area contributed by atoms with E-state index in [9.17, 15) is 4.79 Å². The van der Waals surface area contributed by atoms with Gasteiger partial charge in [-0.1, -0.05) is 30.3 Å². The van der Waals surface area contributed by atoms with Crippen molar-refractivity contribution in [2.75, 3.05) is 13.6 Å². The van der Waals surface area contributed by atoms with Crippen LogP contribution < -0.4 is 0 Å². The Balaban J connectivity index is 2.30. The minimum atomic E-state index is 0.00111. The fourth-order valence-electron chi connectivity index (χ4n) is 1.87. The molecule has 1 heterocycles. The molecule has 68 valence electrons. The molecule has 2 rings (SSSR count). The van der Waals surface area contributed by atoms with Crippen molar-refractivity contribution in [3.8, 4) is 0 Å². The van der Waals surface area contributed by atoms with Gasteiger partial charge in [-0.25, -0.2) is 0 Å². The lowest BCUT2D eigenvalue weighted by molar-refractivity contribution is -0.119. The van der Waals surface area contributed by atoms with Crippen LogP contribution >= 0.6 is 0 Å². The zero-order chi connectivity index (χ0) is 9.26. The molecule has 1 aromatic rings. The fourth-order valence-corrected chi connectivity index (χ4v) is 1.87. The molecule has 1 aliphatic heterocycles. The second-order valence-electron chi connectivity index (χ2n) is 3.51. The molecule has 2 nitrogen and oxygen atoms in total. The van der Waals surface area contributed by atoms with Gasteiger partial charge in [0.2, 0.25) is 0 Å². The number of likely N-dealkylation sites (N-methyl/N-ethyl adjacent to an activating group) is 1. The van der Waals surface area contributed by atoms with E-state index in [2.05, 4.69) is 4.90 Å². The molecule has 2 heteroatoms. The molecule has 1 unspecified atom stereocenters. The molecule has 0 N–H and O–H groups in total. The van der Waals surface area contributed by atoms with Crippen molar-refractivity contribution in [2.24, 2.45) is 0 Å². The molecule has 0 aliphatic carbocycles. The predicted molar refractivity (Wildman–Crippen MR) is 51.4 cm³/mol. The minimum absolute atomic E-state index is 0.00111. The maximum Gasteiger partial charge on any atom is 0.155 e. The van der Waals surface area contributed by atoms with Crippen molar-refractivity contribution in [3.05, 3.63) is 35.9 Å². The Morgan fingerprint density at radius 1 is 1.31 bits per heavy atom. The lowest BCUT2D eigenvalue weighted by atomic mass is 10.0. The Kier molecular flexibility index (Phi) is 2.15. The SMILES string of the molecule is CN1CCC(=O)C1c1ccccc1. The highest BCUT2D eigenvalue weighted by molar-refractivity contribution is 5.87. The predicted octanol–water partition coefficient (Wildman–Crippen LogP) is 1.63. The molecule has 0 bridgehead atoms. The van der Waals surface area contributed by atoms with E-state index in [0.717, 1.165) is 12.1 Å². The third-order valence-electron chi connectivity index (χ3n) is 2.57. The summed E-state index contributed by atoms with van der Waals surface area (Å²) in [6.45, 7) is 0.887. The van der Waals surface area contributed by atoms with Gasteiger partial charge in [-0.05, 0) is 12.6 Å². The van der Waals surface area contributed by atoms with Crippen LogP contribution in [0.25, 0.3) is 0 Å². The highest BCUT2D eigenvalue weighted by Crippen LogP contribution is 2.26. The topological polar surface area (TPSA) is 20.3 Å². The maximum absolute atomic E-state index is 11.5. The van der Waals surface area contributed by atoms with E-state index in [-0.39, 0.29) is 6.04 Å². The van der Waals surface area contributed by atoms with Crippen LogP contribution in [0.2, 0.25) is 0 Å². The van der Waals surface area contributed by atoms with Crippen LogP contribution in [0.3, 0.4) is 0 Å². The van der Waals surface area contributed by atoms with Crippen LogP contribution in [0.1, 0.15) is 18.0 Å². The Hall–Kier alpha value is -1.15. The minimum Gasteiger partial charge on any atom is -0.297 e. The summed E-state index contributed by atoms with van der Waals surface area (Å²) in [7, 11) is 2.00. The van der Waals surface area contributed by atoms with Crippen molar-refractivity contribution in [1.82, 2.24) is 4.90 Å². The van der Waals surface area contributed by atoms with Crippen molar-refractivity contribution < 1.29 is 4.79 Å². The van der Waals surface area contributed by atoms with E-state index < -0.39 is 0 Å². The first-order valence-electron chi connectivity index (χ1n) is 4.57. The first-order chi connectivity index (χ1) is 6.29. The number of Topliss-reactive ketones (excluding diaryl/α,β-unsaturated/α-hetero) is 1. The monoisotopic (exact) mass is 175 g/mol. The smallest absolute Gasteiger partial charge is 0.155 e. The van der Waals surface area contributed by atoms with E-state index in [1.807, 2.05) is 37.4 Å². The van der Waals surface area contributed by atoms with Gasteiger partial charge < -0.3 is 0 Å². The number of carbonyl (C=O) groups is 1. The second-order valence-corrected chi connectivity index (χ2v) is 3.51. The Labute approximate surface area is 78.2 Å². The van der Waals surface area contributed by atoms with Crippen molar-refractivity contribution in [1.29, 1.82) is 0 Å². The molecule has 1 aliphatic rings. The van der Waals surface area contributed by atoms with Gasteiger partial charge in [-0.3, -0.25) is 9.69 Å². The lowest BCUT2D eigenvalue weighted by Gasteiger charge is -2.17. The number of carbonyl (C=O) groups excluding carboxylic acids is 1. The summed E-state index contributed by atoms with van der Waals surface area (Å²) in [5.74, 6) is 0.341. The largest absolute Gasteiger partial charge is 0.297 e. The average Bonchev–Trinajstić information content (AvgIpc) is 2.48. The van der Waals surface area contributed by atoms with E-state index in [1.54, 1.807) is 0 Å². The van der Waals surface area contributed by atoms with Crippen LogP contribution in [0.5, 0.6) is 0 Å². The average molecular weight is 175 g/mol. The summed E-state index contributed by atoms with van der Waals surface area (Å²) < 4.78 is 0. The zero-order valence-corrected chi connectivity index (χ0v) is 7.73. The molecule has 0 radical (unpaired) electrons. The third-order valence-corrected chi connectivity index (χ3v) is 2.57. The number of hydrogen-bond acceptors (Lipinski definition) is 2. The van der Waals surface area contributed by atoms with Gasteiger partial charge in [0, 0.05) is 13.0 Å². The van der Waals surface area contributed by atoms with Crippen molar-refractivity contribution in [3.63, 3.8) is 0 Å². The number of hydrogen-bond donors (Lipinski definition) is 0. The Morgan fingerprint density at radius 3 is 2.54 bits per heavy atom. The highest BCUT2D eigenvalue weighted by Gasteiger charge is 2.30. The quantitative estimate of drug-likeness (QED) is 0.646. The zero-order valence-electron chi connectivity index (χ0n) is 7.73. The number of likely N-dealkylation sites (tertiary alicyclic amines) is 1. The highest BCUT2D eigenvalue weighted by atomic mass is 16.1. The van der Waals surface area contributed by atoms with E-state index in [1.165, 1.54) is 0 Å². The van der Waals surface area contributed by atoms with Gasteiger partial charge >= 0.3 is 0 Å². The Bertz CT molecular complexity index is 307. The number of benzene rings is 1. The molecule has 0 aromatic heterocycles. The number of rotatable bonds is 1. The van der Waals surface area contributed by atoms with Gasteiger partial charge in [0.25, 0.3) is 0 Å². The lowest BCUT2D eigenvalue weighted by Crippen LogP contribution is -2.20. The van der Waals surface area contributed by atoms with Gasteiger partial charge in [0.05, 0.1) is 6.04 Å². The van der Waals surface area contributed by atoms with Crippen LogP contribution in [0, 0.1) is 0 Å². The molecule has 1 aromatic carbocycles. The normalized spacial score (nSPS) is 23.8. The third kappa shape index (κ3) is 1.49. The first-order valence-corrected chi connectivity index (χ1v) is 4.57. The summed E-state index contributed by atoms with van der Waals surface area (Å²) >= 11 is 0. The van der Waals surface area contributed by atoms with Gasteiger partial charge in [0.15, 0.2) is 5.78 Å². The molecule has 0 amide bonds. The van der Waals surface area contributed by atoms with Crippen LogP contribution in [-0.2, 0) is 4.79 Å². The Morgan fingerprint density at radius 2 is 2.00 bits per heavy atom. The number of ketones is 1. The summed E-state index contributed by atoms with van der Waals surface area (Å²) in [6.07, 6.45) is 0.691. The molecule has 13 heavy (non-hydrogen) atoms. The summed E-state index contributed by atoms with van der Waals surface area (Å²) in [5.41, 5.74) is 1.12. The van der Waals surface area contributed by atoms with Gasteiger partial charge in [-0.2, -0.15) is 0 Å². The summed E-state index contributed by atoms with van der Waals surface area (Å²) in [6, 6.07) is 9.97. The molecular weight excluding hydrogens is 162 g/mol. The van der Waals surface area contributed by atoms with E-state index in [4.69, 9.17) is 0 Å². The maximum atomic E-state index is 11.5. The standard InChI is InChI=1S/C11H13NO/c1-12-8-7-10(13)11(12)9-5-3-2-4-6-9/h2-6,11H,7-8H2,1H3. The molecule has 0 saturated carbocycles. The molecule has 1 fully saturated rings. The molecule has 1 saturated heterocycles. The fraction of sp³-hybridized carbons (Fsp3) is 0.364.